The van der Waals surface area contributed by atoms with Gasteiger partial charge in [0, 0.05) is 22.2 Å². The van der Waals surface area contributed by atoms with E-state index in [1.807, 2.05) is 6.08 Å². The van der Waals surface area contributed by atoms with Gasteiger partial charge in [-0.15, -0.1) is 0 Å². The fraction of sp³-hybridized carbons (Fsp3) is 0.421. The first-order valence-corrected chi connectivity index (χ1v) is 8.12. The molecule has 0 amide bonds. The van der Waals surface area contributed by atoms with E-state index in [1.165, 1.54) is 44.2 Å². The van der Waals surface area contributed by atoms with E-state index in [0.29, 0.717) is 16.5 Å². The van der Waals surface area contributed by atoms with Gasteiger partial charge >= 0.3 is 0 Å². The van der Waals surface area contributed by atoms with E-state index in [-0.39, 0.29) is 11.2 Å². The third-order valence-electron chi connectivity index (χ3n) is 4.00. The lowest BCUT2D eigenvalue weighted by atomic mass is 10.1. The zero-order valence-electron chi connectivity index (χ0n) is 13.4. The fourth-order valence-corrected chi connectivity index (χ4v) is 2.61. The van der Waals surface area contributed by atoms with Crippen molar-refractivity contribution >= 4 is 17.0 Å². The summed E-state index contributed by atoms with van der Waals surface area (Å²) in [5.41, 5.74) is 2.04. The van der Waals surface area contributed by atoms with Crippen molar-refractivity contribution in [1.29, 1.82) is 0 Å². The van der Waals surface area contributed by atoms with Crippen LogP contribution in [0.3, 0.4) is 0 Å². The number of hydrogen-bond acceptors (Lipinski definition) is 1. The summed E-state index contributed by atoms with van der Waals surface area (Å²) in [5, 5.41) is 0.411. The molecule has 1 N–H and O–H groups in total. The number of aromatic nitrogens is 1. The molecule has 1 aromatic heterocycles. The molecule has 0 bridgehead atoms. The first-order valence-electron chi connectivity index (χ1n) is 8.12. The second-order valence-electron chi connectivity index (χ2n) is 5.79. The van der Waals surface area contributed by atoms with Crippen LogP contribution in [0.15, 0.2) is 29.1 Å². The van der Waals surface area contributed by atoms with E-state index in [1.54, 1.807) is 13.0 Å². The van der Waals surface area contributed by atoms with Crippen LogP contribution in [-0.2, 0) is 0 Å². The van der Waals surface area contributed by atoms with Gasteiger partial charge in [-0.25, -0.2) is 4.39 Å². The van der Waals surface area contributed by atoms with Crippen molar-refractivity contribution < 1.29 is 4.39 Å². The van der Waals surface area contributed by atoms with Crippen LogP contribution >= 0.6 is 0 Å². The van der Waals surface area contributed by atoms with Crippen LogP contribution in [-0.4, -0.2) is 4.98 Å². The van der Waals surface area contributed by atoms with Crippen molar-refractivity contribution in [3.8, 4) is 0 Å². The fourth-order valence-electron chi connectivity index (χ4n) is 2.61. The molecule has 118 valence electrons. The normalized spacial score (nSPS) is 11.6. The minimum atomic E-state index is -0.382. The van der Waals surface area contributed by atoms with Crippen LogP contribution in [0.4, 0.5) is 4.39 Å². The predicted octanol–water partition coefficient (Wildman–Crippen LogP) is 5.35. The molecule has 1 heterocycles. The van der Waals surface area contributed by atoms with Crippen LogP contribution in [0.5, 0.6) is 0 Å². The lowest BCUT2D eigenvalue weighted by molar-refractivity contribution is 0.629. The molecule has 1 aromatic carbocycles. The molecule has 2 nitrogen and oxygen atoms in total. The van der Waals surface area contributed by atoms with Crippen molar-refractivity contribution in [1.82, 2.24) is 4.98 Å². The van der Waals surface area contributed by atoms with Crippen LogP contribution in [0.25, 0.3) is 17.0 Å². The SMILES string of the molecule is CCCCCCCC=Cc1[nH]c2ccc(F)cc2c(=O)c1C. The lowest BCUT2D eigenvalue weighted by Crippen LogP contribution is -2.09. The monoisotopic (exact) mass is 301 g/mol. The number of nitrogens with one attached hydrogen (secondary N) is 1. The molecular formula is C19H24FNO. The topological polar surface area (TPSA) is 32.9 Å². The maximum absolute atomic E-state index is 13.3. The Balaban J connectivity index is 2.10. The van der Waals surface area contributed by atoms with Gasteiger partial charge in [0.15, 0.2) is 5.43 Å². The van der Waals surface area contributed by atoms with Gasteiger partial charge in [0.25, 0.3) is 0 Å². The molecule has 0 aliphatic carbocycles. The molecule has 0 unspecified atom stereocenters. The Morgan fingerprint density at radius 3 is 2.73 bits per heavy atom. The number of aromatic amines is 1. The van der Waals surface area contributed by atoms with E-state index >= 15 is 0 Å². The Morgan fingerprint density at radius 2 is 1.95 bits per heavy atom. The van der Waals surface area contributed by atoms with E-state index in [0.717, 1.165) is 12.1 Å². The van der Waals surface area contributed by atoms with Crippen molar-refractivity contribution in [2.75, 3.05) is 0 Å². The van der Waals surface area contributed by atoms with Crippen LogP contribution in [0, 0.1) is 12.7 Å². The van der Waals surface area contributed by atoms with E-state index in [2.05, 4.69) is 18.0 Å². The highest BCUT2D eigenvalue weighted by atomic mass is 19.1. The van der Waals surface area contributed by atoms with Gasteiger partial charge in [-0.1, -0.05) is 38.7 Å². The van der Waals surface area contributed by atoms with Crippen LogP contribution in [0.2, 0.25) is 0 Å². The number of fused-ring (bicyclic) bond motifs is 1. The molecule has 2 aromatic rings. The molecule has 0 aliphatic heterocycles. The highest BCUT2D eigenvalue weighted by Gasteiger charge is 2.07. The Bertz CT molecular complexity index is 715. The largest absolute Gasteiger partial charge is 0.355 e. The summed E-state index contributed by atoms with van der Waals surface area (Å²) in [4.78, 5) is 15.5. The van der Waals surface area contributed by atoms with Crippen molar-refractivity contribution in [2.24, 2.45) is 0 Å². The van der Waals surface area contributed by atoms with Gasteiger partial charge in [-0.3, -0.25) is 4.79 Å². The highest BCUT2D eigenvalue weighted by Crippen LogP contribution is 2.14. The summed E-state index contributed by atoms with van der Waals surface area (Å²) in [6.07, 6.45) is 11.4. The summed E-state index contributed by atoms with van der Waals surface area (Å²) in [6.45, 7) is 3.99. The minimum absolute atomic E-state index is 0.101. The number of hydrogen-bond donors (Lipinski definition) is 1. The first-order chi connectivity index (χ1) is 10.6. The molecule has 0 radical (unpaired) electrons. The summed E-state index contributed by atoms with van der Waals surface area (Å²) < 4.78 is 13.3. The number of benzene rings is 1. The van der Waals surface area contributed by atoms with Gasteiger partial charge in [0.1, 0.15) is 5.82 Å². The van der Waals surface area contributed by atoms with Gasteiger partial charge in [0.2, 0.25) is 0 Å². The Morgan fingerprint density at radius 1 is 1.18 bits per heavy atom. The van der Waals surface area contributed by atoms with E-state index in [9.17, 15) is 9.18 Å². The maximum Gasteiger partial charge on any atom is 0.192 e. The van der Waals surface area contributed by atoms with Gasteiger partial charge < -0.3 is 4.98 Å². The van der Waals surface area contributed by atoms with Crippen LogP contribution < -0.4 is 5.43 Å². The summed E-state index contributed by atoms with van der Waals surface area (Å²) in [6, 6.07) is 4.28. The molecule has 0 fully saturated rings. The average molecular weight is 301 g/mol. The number of halogens is 1. The quantitative estimate of drug-likeness (QED) is 0.687. The molecule has 2 rings (SSSR count). The summed E-state index contributed by atoms with van der Waals surface area (Å²) >= 11 is 0. The zero-order chi connectivity index (χ0) is 15.9. The third kappa shape index (κ3) is 4.06. The zero-order valence-corrected chi connectivity index (χ0v) is 13.4. The smallest absolute Gasteiger partial charge is 0.192 e. The van der Waals surface area contributed by atoms with Crippen molar-refractivity contribution in [3.05, 3.63) is 51.6 Å². The molecule has 0 saturated heterocycles. The van der Waals surface area contributed by atoms with Gasteiger partial charge in [0.05, 0.1) is 0 Å². The lowest BCUT2D eigenvalue weighted by Gasteiger charge is -2.05. The van der Waals surface area contributed by atoms with Crippen molar-refractivity contribution in [2.45, 2.75) is 52.4 Å². The second kappa shape index (κ2) is 7.92. The van der Waals surface area contributed by atoms with Crippen LogP contribution in [0.1, 0.15) is 56.7 Å². The minimum Gasteiger partial charge on any atom is -0.355 e. The standard InChI is InChI=1S/C19H24FNO/c1-3-4-5-6-7-8-9-10-17-14(2)19(22)16-13-15(20)11-12-18(16)21-17/h9-13H,3-8H2,1-2H3,(H,21,22). The molecule has 0 spiro atoms. The van der Waals surface area contributed by atoms with E-state index < -0.39 is 0 Å². The Kier molecular flexibility index (Phi) is 5.93. The summed E-state index contributed by atoms with van der Waals surface area (Å²) in [5.74, 6) is -0.382. The summed E-state index contributed by atoms with van der Waals surface area (Å²) in [7, 11) is 0. The molecule has 0 atom stereocenters. The second-order valence-corrected chi connectivity index (χ2v) is 5.79. The van der Waals surface area contributed by atoms with Gasteiger partial charge in [-0.05, 0) is 44.0 Å². The number of pyridine rings is 1. The molecule has 3 heteroatoms. The predicted molar refractivity (Wildman–Crippen MR) is 91.7 cm³/mol. The number of rotatable bonds is 7. The first kappa shape index (κ1) is 16.5. The third-order valence-corrected chi connectivity index (χ3v) is 4.00. The molecular weight excluding hydrogens is 277 g/mol. The average Bonchev–Trinajstić information content (AvgIpc) is 2.51. The number of unbranched alkanes of at least 4 members (excludes halogenated alkanes) is 5. The molecule has 22 heavy (non-hydrogen) atoms. The maximum atomic E-state index is 13.3. The van der Waals surface area contributed by atoms with Crippen molar-refractivity contribution in [3.63, 3.8) is 0 Å². The van der Waals surface area contributed by atoms with E-state index in [4.69, 9.17) is 0 Å². The number of allylic oxidation sites excluding steroid dienone is 1. The van der Waals surface area contributed by atoms with Gasteiger partial charge in [-0.2, -0.15) is 0 Å². The Hall–Kier alpha value is -1.90. The highest BCUT2D eigenvalue weighted by molar-refractivity contribution is 5.80. The molecule has 0 saturated carbocycles. The Labute approximate surface area is 131 Å². The molecule has 0 aliphatic rings. The number of H-pyrrole nitrogens is 1.